The van der Waals surface area contributed by atoms with E-state index in [9.17, 15) is 0 Å². The standard InChI is InChI=1S/C14H14N2O/c1-17-13-7-4-8-15-14(13)12-9-10-5-2-3-6-11(10)16-12/h2-8,12,16H,9H2,1H3. The number of pyridine rings is 1. The van der Waals surface area contributed by atoms with Crippen molar-refractivity contribution < 1.29 is 4.74 Å². The zero-order valence-corrected chi connectivity index (χ0v) is 9.68. The summed E-state index contributed by atoms with van der Waals surface area (Å²) in [5.41, 5.74) is 3.52. The van der Waals surface area contributed by atoms with Gasteiger partial charge >= 0.3 is 0 Å². The van der Waals surface area contributed by atoms with E-state index in [1.807, 2.05) is 24.4 Å². The van der Waals surface area contributed by atoms with Crippen LogP contribution in [0, 0.1) is 0 Å². The molecule has 1 unspecified atom stereocenters. The molecule has 0 aliphatic carbocycles. The summed E-state index contributed by atoms with van der Waals surface area (Å²) in [5.74, 6) is 0.845. The normalized spacial score (nSPS) is 17.4. The molecule has 1 aliphatic rings. The summed E-state index contributed by atoms with van der Waals surface area (Å²) in [6.45, 7) is 0. The van der Waals surface area contributed by atoms with Crippen molar-refractivity contribution in [3.63, 3.8) is 0 Å². The van der Waals surface area contributed by atoms with Gasteiger partial charge in [0, 0.05) is 18.3 Å². The second-order valence-electron chi connectivity index (χ2n) is 4.15. The highest BCUT2D eigenvalue weighted by Gasteiger charge is 2.24. The Labute approximate surface area is 100 Å². The minimum Gasteiger partial charge on any atom is -0.495 e. The van der Waals surface area contributed by atoms with Gasteiger partial charge in [-0.05, 0) is 23.8 Å². The molecule has 0 fully saturated rings. The first kappa shape index (κ1) is 10.1. The third kappa shape index (κ3) is 1.73. The van der Waals surface area contributed by atoms with Crippen LogP contribution in [0.2, 0.25) is 0 Å². The fraction of sp³-hybridized carbons (Fsp3) is 0.214. The van der Waals surface area contributed by atoms with Crippen LogP contribution >= 0.6 is 0 Å². The first-order valence-corrected chi connectivity index (χ1v) is 5.72. The van der Waals surface area contributed by atoms with Crippen molar-refractivity contribution in [3.05, 3.63) is 53.9 Å². The van der Waals surface area contributed by atoms with Gasteiger partial charge < -0.3 is 10.1 Å². The van der Waals surface area contributed by atoms with Crippen molar-refractivity contribution in [2.24, 2.45) is 0 Å². The highest BCUT2D eigenvalue weighted by atomic mass is 16.5. The molecule has 1 atom stereocenters. The fourth-order valence-electron chi connectivity index (χ4n) is 2.30. The Kier molecular flexibility index (Phi) is 2.44. The largest absolute Gasteiger partial charge is 0.495 e. The minimum absolute atomic E-state index is 0.212. The van der Waals surface area contributed by atoms with E-state index in [4.69, 9.17) is 4.74 Å². The zero-order chi connectivity index (χ0) is 11.7. The number of methoxy groups -OCH3 is 1. The van der Waals surface area contributed by atoms with E-state index in [0.717, 1.165) is 17.9 Å². The second-order valence-corrected chi connectivity index (χ2v) is 4.15. The van der Waals surface area contributed by atoms with Crippen molar-refractivity contribution in [1.82, 2.24) is 4.98 Å². The van der Waals surface area contributed by atoms with Crippen LogP contribution in [-0.4, -0.2) is 12.1 Å². The highest BCUT2D eigenvalue weighted by molar-refractivity contribution is 5.58. The molecule has 3 heteroatoms. The molecule has 2 aromatic rings. The molecule has 0 bridgehead atoms. The molecular formula is C14H14N2O. The lowest BCUT2D eigenvalue weighted by molar-refractivity contribution is 0.404. The van der Waals surface area contributed by atoms with Crippen molar-refractivity contribution in [2.75, 3.05) is 12.4 Å². The van der Waals surface area contributed by atoms with E-state index < -0.39 is 0 Å². The van der Waals surface area contributed by atoms with Crippen LogP contribution in [0.4, 0.5) is 5.69 Å². The molecule has 1 aliphatic heterocycles. The molecule has 0 amide bonds. The highest BCUT2D eigenvalue weighted by Crippen LogP contribution is 2.36. The van der Waals surface area contributed by atoms with Gasteiger partial charge in [-0.1, -0.05) is 18.2 Å². The van der Waals surface area contributed by atoms with Crippen LogP contribution in [0.1, 0.15) is 17.3 Å². The maximum atomic E-state index is 5.35. The Balaban J connectivity index is 1.94. The van der Waals surface area contributed by atoms with E-state index in [0.29, 0.717) is 0 Å². The number of hydrogen-bond donors (Lipinski definition) is 1. The van der Waals surface area contributed by atoms with Crippen molar-refractivity contribution in [3.8, 4) is 5.75 Å². The molecule has 0 saturated heterocycles. The fourth-order valence-corrected chi connectivity index (χ4v) is 2.30. The van der Waals surface area contributed by atoms with Crippen molar-refractivity contribution >= 4 is 5.69 Å². The van der Waals surface area contributed by atoms with Gasteiger partial charge in [-0.2, -0.15) is 0 Å². The van der Waals surface area contributed by atoms with E-state index in [2.05, 4.69) is 28.5 Å². The lowest BCUT2D eigenvalue weighted by atomic mass is 10.1. The Morgan fingerprint density at radius 2 is 2.12 bits per heavy atom. The molecule has 0 saturated carbocycles. The molecule has 2 heterocycles. The van der Waals surface area contributed by atoms with Crippen LogP contribution in [-0.2, 0) is 6.42 Å². The van der Waals surface area contributed by atoms with Crippen molar-refractivity contribution in [1.29, 1.82) is 0 Å². The first-order chi connectivity index (χ1) is 8.38. The maximum Gasteiger partial charge on any atom is 0.142 e. The number of aromatic nitrogens is 1. The van der Waals surface area contributed by atoms with Gasteiger partial charge in [0.15, 0.2) is 0 Å². The molecule has 1 aromatic heterocycles. The van der Waals surface area contributed by atoms with Crippen LogP contribution in [0.5, 0.6) is 5.75 Å². The Hall–Kier alpha value is -2.03. The molecule has 86 valence electrons. The maximum absolute atomic E-state index is 5.35. The van der Waals surface area contributed by atoms with Crippen molar-refractivity contribution in [2.45, 2.75) is 12.5 Å². The summed E-state index contributed by atoms with van der Waals surface area (Å²) in [5, 5.41) is 3.48. The Morgan fingerprint density at radius 1 is 1.24 bits per heavy atom. The van der Waals surface area contributed by atoms with Crippen LogP contribution in [0.3, 0.4) is 0 Å². The predicted molar refractivity (Wildman–Crippen MR) is 67.3 cm³/mol. The summed E-state index contributed by atoms with van der Waals surface area (Å²) in [7, 11) is 1.68. The predicted octanol–water partition coefficient (Wildman–Crippen LogP) is 2.80. The monoisotopic (exact) mass is 226 g/mol. The van der Waals surface area contributed by atoms with E-state index >= 15 is 0 Å². The molecule has 0 spiro atoms. The van der Waals surface area contributed by atoms with Gasteiger partial charge in [0.25, 0.3) is 0 Å². The third-order valence-corrected chi connectivity index (χ3v) is 3.12. The Bertz CT molecular complexity index is 514. The third-order valence-electron chi connectivity index (χ3n) is 3.12. The number of ether oxygens (including phenoxy) is 1. The summed E-state index contributed by atoms with van der Waals surface area (Å²) in [6, 6.07) is 12.4. The average Bonchev–Trinajstić information content (AvgIpc) is 2.82. The van der Waals surface area contributed by atoms with Gasteiger partial charge in [-0.3, -0.25) is 4.98 Å². The molecule has 0 radical (unpaired) electrons. The summed E-state index contributed by atoms with van der Waals surface area (Å²) in [6.07, 6.45) is 2.77. The van der Waals surface area contributed by atoms with E-state index in [1.165, 1.54) is 11.3 Å². The number of fused-ring (bicyclic) bond motifs is 1. The lowest BCUT2D eigenvalue weighted by Gasteiger charge is -2.13. The number of hydrogen-bond acceptors (Lipinski definition) is 3. The van der Waals surface area contributed by atoms with Gasteiger partial charge in [0.2, 0.25) is 0 Å². The van der Waals surface area contributed by atoms with E-state index in [1.54, 1.807) is 7.11 Å². The SMILES string of the molecule is COc1cccnc1C1Cc2ccccc2N1. The number of para-hydroxylation sites is 1. The zero-order valence-electron chi connectivity index (χ0n) is 9.68. The quantitative estimate of drug-likeness (QED) is 0.855. The van der Waals surface area contributed by atoms with Gasteiger partial charge in [-0.25, -0.2) is 0 Å². The number of benzene rings is 1. The molecule has 1 aromatic carbocycles. The van der Waals surface area contributed by atoms with Gasteiger partial charge in [-0.15, -0.1) is 0 Å². The molecule has 17 heavy (non-hydrogen) atoms. The second kappa shape index (κ2) is 4.09. The molecule has 1 N–H and O–H groups in total. The Morgan fingerprint density at radius 3 is 2.94 bits per heavy atom. The number of nitrogens with zero attached hydrogens (tertiary/aromatic N) is 1. The van der Waals surface area contributed by atoms with Gasteiger partial charge in [0.1, 0.15) is 11.4 Å². The van der Waals surface area contributed by atoms with Crippen LogP contribution < -0.4 is 10.1 Å². The topological polar surface area (TPSA) is 34.1 Å². The number of rotatable bonds is 2. The summed E-state index contributed by atoms with van der Waals surface area (Å²) in [4.78, 5) is 4.43. The summed E-state index contributed by atoms with van der Waals surface area (Å²) >= 11 is 0. The minimum atomic E-state index is 0.212. The van der Waals surface area contributed by atoms with Crippen LogP contribution in [0.15, 0.2) is 42.6 Å². The smallest absolute Gasteiger partial charge is 0.142 e. The molecular weight excluding hydrogens is 212 g/mol. The van der Waals surface area contributed by atoms with Gasteiger partial charge in [0.05, 0.1) is 13.2 Å². The van der Waals surface area contributed by atoms with Crippen LogP contribution in [0.25, 0.3) is 0 Å². The van der Waals surface area contributed by atoms with E-state index in [-0.39, 0.29) is 6.04 Å². The average molecular weight is 226 g/mol. The number of anilines is 1. The lowest BCUT2D eigenvalue weighted by Crippen LogP contribution is -2.09. The first-order valence-electron chi connectivity index (χ1n) is 5.72. The summed E-state index contributed by atoms with van der Waals surface area (Å²) < 4.78 is 5.35. The molecule has 3 nitrogen and oxygen atoms in total. The number of nitrogens with one attached hydrogen (secondary N) is 1. The molecule has 3 rings (SSSR count).